The Hall–Kier alpha value is -2.41. The maximum atomic E-state index is 12.8. The monoisotopic (exact) mass is 331 g/mol. The summed E-state index contributed by atoms with van der Waals surface area (Å²) in [7, 11) is 1.68. The minimum atomic E-state index is -0.330. The van der Waals surface area contributed by atoms with Crippen molar-refractivity contribution >= 4 is 27.3 Å². The van der Waals surface area contributed by atoms with Crippen LogP contribution in [-0.2, 0) is 7.05 Å². The third-order valence-corrected chi connectivity index (χ3v) is 5.00. The highest BCUT2D eigenvalue weighted by Gasteiger charge is 2.21. The molecule has 0 fully saturated rings. The van der Waals surface area contributed by atoms with Gasteiger partial charge in [-0.1, -0.05) is 11.3 Å². The van der Waals surface area contributed by atoms with Crippen molar-refractivity contribution in [3.05, 3.63) is 55.0 Å². The third kappa shape index (κ3) is 2.28. The fourth-order valence-electron chi connectivity index (χ4n) is 2.75. The van der Waals surface area contributed by atoms with Crippen molar-refractivity contribution in [2.45, 2.75) is 26.8 Å². The molecule has 2 heterocycles. The molecule has 0 radical (unpaired) electrons. The number of nitrogens with zero attached hydrogens (tertiary/aromatic N) is 2. The lowest BCUT2D eigenvalue weighted by atomic mass is 10.00. The number of ketones is 1. The first-order valence-electron chi connectivity index (χ1n) is 7.26. The fourth-order valence-corrected chi connectivity index (χ4v) is 3.69. The van der Waals surface area contributed by atoms with E-state index in [4.69, 9.17) is 0 Å². The number of benzene rings is 1. The highest BCUT2D eigenvalue weighted by molar-refractivity contribution is 7.16. The minimum Gasteiger partial charge on any atom is -0.302 e. The zero-order chi connectivity index (χ0) is 16.9. The molecule has 1 N–H and O–H groups in total. The van der Waals surface area contributed by atoms with Crippen molar-refractivity contribution in [1.29, 1.82) is 0 Å². The summed E-state index contributed by atoms with van der Waals surface area (Å²) in [5.41, 5.74) is 1.68. The topological polar surface area (TPSA) is 76.9 Å². The molecule has 7 heteroatoms. The van der Waals surface area contributed by atoms with Crippen LogP contribution in [0.2, 0.25) is 0 Å². The molecule has 0 amide bonds. The van der Waals surface area contributed by atoms with Gasteiger partial charge in [-0.3, -0.25) is 19.1 Å². The Morgan fingerprint density at radius 3 is 2.52 bits per heavy atom. The summed E-state index contributed by atoms with van der Waals surface area (Å²) < 4.78 is 3.79. The SMILES string of the molecule is Cc1c(C(=O)c2c[nH]n(C(C)C)c2=O)ccc2sc(=O)n(C)c12. The molecule has 3 rings (SSSR count). The van der Waals surface area contributed by atoms with Gasteiger partial charge in [0.25, 0.3) is 5.56 Å². The number of rotatable bonds is 3. The van der Waals surface area contributed by atoms with Crippen LogP contribution in [0, 0.1) is 6.92 Å². The number of fused-ring (bicyclic) bond motifs is 1. The maximum Gasteiger partial charge on any atom is 0.307 e. The molecule has 0 atom stereocenters. The van der Waals surface area contributed by atoms with Crippen LogP contribution < -0.4 is 10.4 Å². The molecule has 0 saturated heterocycles. The minimum absolute atomic E-state index is 0.0506. The fraction of sp³-hybridized carbons (Fsp3) is 0.312. The Labute approximate surface area is 136 Å². The van der Waals surface area contributed by atoms with Crippen molar-refractivity contribution in [3.63, 3.8) is 0 Å². The van der Waals surface area contributed by atoms with E-state index >= 15 is 0 Å². The number of aromatic nitrogens is 3. The normalized spacial score (nSPS) is 11.5. The molecular formula is C16H17N3O3S. The van der Waals surface area contributed by atoms with E-state index in [0.717, 1.165) is 21.6 Å². The summed E-state index contributed by atoms with van der Waals surface area (Å²) in [4.78, 5) is 36.8. The lowest BCUT2D eigenvalue weighted by Gasteiger charge is -2.06. The second-order valence-electron chi connectivity index (χ2n) is 5.80. The Kier molecular flexibility index (Phi) is 3.60. The summed E-state index contributed by atoms with van der Waals surface area (Å²) in [6.45, 7) is 5.53. The largest absolute Gasteiger partial charge is 0.307 e. The van der Waals surface area contributed by atoms with Crippen molar-refractivity contribution in [3.8, 4) is 0 Å². The molecule has 0 unspecified atom stereocenters. The number of aromatic amines is 1. The molecule has 2 aromatic heterocycles. The van der Waals surface area contributed by atoms with Gasteiger partial charge in [-0.15, -0.1) is 0 Å². The zero-order valence-corrected chi connectivity index (χ0v) is 14.2. The van der Waals surface area contributed by atoms with Gasteiger partial charge >= 0.3 is 4.87 Å². The Balaban J connectivity index is 2.19. The first-order valence-corrected chi connectivity index (χ1v) is 8.08. The van der Waals surface area contributed by atoms with Crippen molar-refractivity contribution in [1.82, 2.24) is 14.3 Å². The molecule has 1 aromatic carbocycles. The van der Waals surface area contributed by atoms with E-state index in [1.165, 1.54) is 15.4 Å². The van der Waals surface area contributed by atoms with Gasteiger partial charge < -0.3 is 9.67 Å². The van der Waals surface area contributed by atoms with Crippen molar-refractivity contribution in [2.24, 2.45) is 7.05 Å². The van der Waals surface area contributed by atoms with E-state index in [9.17, 15) is 14.4 Å². The first-order chi connectivity index (χ1) is 10.8. The highest BCUT2D eigenvalue weighted by atomic mass is 32.1. The number of H-pyrrole nitrogens is 1. The van der Waals surface area contributed by atoms with Gasteiger partial charge in [0.1, 0.15) is 5.56 Å². The van der Waals surface area contributed by atoms with Crippen LogP contribution in [0.4, 0.5) is 0 Å². The summed E-state index contributed by atoms with van der Waals surface area (Å²) in [6, 6.07) is 3.39. The molecule has 0 bridgehead atoms. The molecule has 0 aliphatic carbocycles. The number of carbonyl (C=O) groups is 1. The van der Waals surface area contributed by atoms with E-state index in [1.54, 1.807) is 26.1 Å². The molecule has 0 aliphatic rings. The Morgan fingerprint density at radius 1 is 1.22 bits per heavy atom. The smallest absolute Gasteiger partial charge is 0.302 e. The maximum absolute atomic E-state index is 12.8. The molecule has 6 nitrogen and oxygen atoms in total. The Bertz CT molecular complexity index is 1030. The number of hydrogen-bond donors (Lipinski definition) is 1. The molecule has 0 aliphatic heterocycles. The second kappa shape index (κ2) is 5.34. The number of thiazole rings is 1. The first kappa shape index (κ1) is 15.5. The van der Waals surface area contributed by atoms with E-state index in [0.29, 0.717) is 11.1 Å². The van der Waals surface area contributed by atoms with E-state index in [-0.39, 0.29) is 27.8 Å². The second-order valence-corrected chi connectivity index (χ2v) is 6.79. The van der Waals surface area contributed by atoms with Crippen LogP contribution in [0.3, 0.4) is 0 Å². The average molecular weight is 331 g/mol. The highest BCUT2D eigenvalue weighted by Crippen LogP contribution is 2.24. The van der Waals surface area contributed by atoms with Crippen LogP contribution in [0.5, 0.6) is 0 Å². The van der Waals surface area contributed by atoms with Crippen molar-refractivity contribution in [2.75, 3.05) is 0 Å². The van der Waals surface area contributed by atoms with Crippen LogP contribution in [-0.4, -0.2) is 20.1 Å². The van der Waals surface area contributed by atoms with Crippen LogP contribution in [0.15, 0.2) is 27.9 Å². The number of aryl methyl sites for hydroxylation is 2. The quantitative estimate of drug-likeness (QED) is 0.748. The van der Waals surface area contributed by atoms with E-state index in [2.05, 4.69) is 5.10 Å². The number of hydrogen-bond acceptors (Lipinski definition) is 4. The van der Waals surface area contributed by atoms with Gasteiger partial charge in [0.2, 0.25) is 5.78 Å². The summed E-state index contributed by atoms with van der Waals surface area (Å²) in [6.07, 6.45) is 1.45. The van der Waals surface area contributed by atoms with Gasteiger partial charge in [0.05, 0.1) is 10.2 Å². The van der Waals surface area contributed by atoms with Gasteiger partial charge in [0, 0.05) is 24.8 Å². The predicted molar refractivity (Wildman–Crippen MR) is 90.7 cm³/mol. The lowest BCUT2D eigenvalue weighted by molar-refractivity contribution is 0.103. The van der Waals surface area contributed by atoms with Crippen LogP contribution >= 0.6 is 11.3 Å². The molecule has 3 aromatic rings. The molecular weight excluding hydrogens is 314 g/mol. The van der Waals surface area contributed by atoms with Crippen LogP contribution in [0.1, 0.15) is 41.4 Å². The third-order valence-electron chi connectivity index (χ3n) is 4.00. The van der Waals surface area contributed by atoms with Gasteiger partial charge in [0.15, 0.2) is 0 Å². The standard InChI is InChI=1S/C16H17N3O3S/c1-8(2)19-15(21)11(7-17-19)14(20)10-5-6-12-13(9(10)3)18(4)16(22)23-12/h5-8,17H,1-4H3. The summed E-state index contributed by atoms with van der Waals surface area (Å²) in [5, 5.41) is 2.83. The summed E-state index contributed by atoms with van der Waals surface area (Å²) >= 11 is 1.14. The average Bonchev–Trinajstić information content (AvgIpc) is 3.00. The van der Waals surface area contributed by atoms with Gasteiger partial charge in [-0.05, 0) is 38.5 Å². The molecule has 120 valence electrons. The lowest BCUT2D eigenvalue weighted by Crippen LogP contribution is -2.23. The predicted octanol–water partition coefficient (Wildman–Crippen LogP) is 2.21. The molecule has 23 heavy (non-hydrogen) atoms. The van der Waals surface area contributed by atoms with Crippen molar-refractivity contribution < 1.29 is 4.79 Å². The van der Waals surface area contributed by atoms with Crippen LogP contribution in [0.25, 0.3) is 10.2 Å². The Morgan fingerprint density at radius 2 is 1.91 bits per heavy atom. The zero-order valence-electron chi connectivity index (χ0n) is 13.3. The van der Waals surface area contributed by atoms with E-state index in [1.807, 2.05) is 13.8 Å². The van der Waals surface area contributed by atoms with Gasteiger partial charge in [-0.2, -0.15) is 0 Å². The number of carbonyl (C=O) groups excluding carboxylic acids is 1. The molecule has 0 saturated carbocycles. The van der Waals surface area contributed by atoms with E-state index < -0.39 is 0 Å². The summed E-state index contributed by atoms with van der Waals surface area (Å²) in [5.74, 6) is -0.330. The van der Waals surface area contributed by atoms with Gasteiger partial charge in [-0.25, -0.2) is 0 Å². The molecule has 0 spiro atoms. The number of nitrogens with one attached hydrogen (secondary N) is 1.